The molecule has 1 spiro atoms. The van der Waals surface area contributed by atoms with Gasteiger partial charge in [-0.25, -0.2) is 4.79 Å². The van der Waals surface area contributed by atoms with Crippen LogP contribution in [-0.4, -0.2) is 84.6 Å². The maximum absolute atomic E-state index is 14.5. The minimum absolute atomic E-state index is 0.00607. The van der Waals surface area contributed by atoms with Crippen LogP contribution < -0.4 is 14.8 Å². The highest BCUT2D eigenvalue weighted by atomic mass is 16.5. The molecule has 3 aliphatic rings. The Labute approximate surface area is 253 Å². The number of urea groups is 1. The van der Waals surface area contributed by atoms with Crippen LogP contribution in [0.25, 0.3) is 5.57 Å². The number of aromatic amines is 1. The Bertz CT molecular complexity index is 1800. The summed E-state index contributed by atoms with van der Waals surface area (Å²) in [4.78, 5) is 73.8. The molecule has 0 radical (unpaired) electrons. The van der Waals surface area contributed by atoms with E-state index in [2.05, 4.69) is 10.3 Å². The second kappa shape index (κ2) is 10.5. The zero-order chi connectivity index (χ0) is 31.5. The van der Waals surface area contributed by atoms with E-state index in [1.54, 1.807) is 37.6 Å². The molecule has 1 saturated heterocycles. The van der Waals surface area contributed by atoms with E-state index in [1.807, 2.05) is 19.1 Å². The molecule has 11 nitrogen and oxygen atoms in total. The summed E-state index contributed by atoms with van der Waals surface area (Å²) in [5.41, 5.74) is 1.87. The lowest BCUT2D eigenvalue weighted by molar-refractivity contribution is -0.130. The fourth-order valence-electron chi connectivity index (χ4n) is 6.71. The summed E-state index contributed by atoms with van der Waals surface area (Å²) in [5.74, 6) is -0.555. The van der Waals surface area contributed by atoms with E-state index in [1.165, 1.54) is 26.1 Å². The molecular weight excluding hydrogens is 564 g/mol. The minimum Gasteiger partial charge on any atom is -0.497 e. The number of aryl methyl sites for hydroxylation is 1. The average Bonchev–Trinajstić information content (AvgIpc) is 3.51. The number of nitrogens with zero attached hydrogens (tertiary/aromatic N) is 2. The Morgan fingerprint density at radius 2 is 1.70 bits per heavy atom. The molecule has 4 amide bonds. The van der Waals surface area contributed by atoms with Crippen molar-refractivity contribution in [2.75, 3.05) is 34.9 Å². The van der Waals surface area contributed by atoms with Crippen molar-refractivity contribution in [2.45, 2.75) is 31.7 Å². The number of methoxy groups -OCH3 is 2. The number of carbonyl (C=O) groups is 5. The van der Waals surface area contributed by atoms with Crippen LogP contribution in [0.1, 0.15) is 48.7 Å². The van der Waals surface area contributed by atoms with Crippen LogP contribution in [0.15, 0.2) is 48.2 Å². The van der Waals surface area contributed by atoms with Crippen molar-refractivity contribution in [3.63, 3.8) is 0 Å². The number of hydrogen-bond donors (Lipinski definition) is 2. The van der Waals surface area contributed by atoms with Gasteiger partial charge in [-0.15, -0.1) is 0 Å². The molecule has 6 rings (SSSR count). The van der Waals surface area contributed by atoms with E-state index in [0.29, 0.717) is 28.2 Å². The van der Waals surface area contributed by atoms with Crippen molar-refractivity contribution >= 4 is 35.0 Å². The number of ether oxygens (including phenoxy) is 2. The van der Waals surface area contributed by atoms with E-state index in [4.69, 9.17) is 9.47 Å². The second-order valence-electron chi connectivity index (χ2n) is 11.3. The highest BCUT2D eigenvalue weighted by molar-refractivity contribution is 6.43. The molecule has 1 fully saturated rings. The lowest BCUT2D eigenvalue weighted by atomic mass is 9.65. The van der Waals surface area contributed by atoms with Gasteiger partial charge >= 0.3 is 6.03 Å². The zero-order valence-corrected chi connectivity index (χ0v) is 25.1. The van der Waals surface area contributed by atoms with Gasteiger partial charge in [0.2, 0.25) is 11.7 Å². The molecule has 0 bridgehead atoms. The van der Waals surface area contributed by atoms with Crippen molar-refractivity contribution < 1.29 is 33.4 Å². The highest BCUT2D eigenvalue weighted by Gasteiger charge is 2.63. The topological polar surface area (TPSA) is 138 Å². The first-order valence-corrected chi connectivity index (χ1v) is 14.2. The van der Waals surface area contributed by atoms with Crippen LogP contribution in [0.3, 0.4) is 0 Å². The number of imide groups is 1. The van der Waals surface area contributed by atoms with Crippen molar-refractivity contribution in [2.24, 2.45) is 0 Å². The summed E-state index contributed by atoms with van der Waals surface area (Å²) in [7, 11) is 5.92. The molecule has 2 N–H and O–H groups in total. The molecule has 3 aromatic rings. The monoisotopic (exact) mass is 596 g/mol. The normalized spacial score (nSPS) is 18.9. The Balaban J connectivity index is 1.36. The molecule has 11 heteroatoms. The standard InChI is InChI=1S/C33H32N4O7/c1-17-6-11-22(44-5)21-15-33(31(41)36(2)32(42)37(33)3)27-26(24(17)21)30(40)28-25(29(27)39)19(16-35-28)12-13-34-23(38)14-18-7-9-20(43-4)10-8-18/h6-11,16,35H,12-15H2,1-5H3,(H,34,38). The van der Waals surface area contributed by atoms with E-state index in [-0.39, 0.29) is 54.1 Å². The molecule has 2 aliphatic carbocycles. The number of benzene rings is 2. The summed E-state index contributed by atoms with van der Waals surface area (Å²) in [6.45, 7) is 2.05. The number of H-pyrrole nitrogens is 1. The first-order valence-electron chi connectivity index (χ1n) is 14.2. The van der Waals surface area contributed by atoms with Gasteiger partial charge in [0, 0.05) is 50.0 Å². The SMILES string of the molecule is COc1ccc(CC(=O)NCCc2c[nH]c3c2C(=O)C2=C(C3=O)c3c(C)ccc(OC)c3CC23C(=O)N(C)C(=O)N3C)cc1. The number of fused-ring (bicyclic) bond motifs is 4. The first kappa shape index (κ1) is 28.9. The van der Waals surface area contributed by atoms with Gasteiger partial charge in [0.1, 0.15) is 11.5 Å². The molecule has 226 valence electrons. The average molecular weight is 597 g/mol. The Morgan fingerprint density at radius 3 is 2.34 bits per heavy atom. The van der Waals surface area contributed by atoms with Crippen molar-refractivity contribution in [3.8, 4) is 11.5 Å². The predicted octanol–water partition coefficient (Wildman–Crippen LogP) is 2.89. The van der Waals surface area contributed by atoms with Gasteiger partial charge in [-0.3, -0.25) is 24.1 Å². The lowest BCUT2D eigenvalue weighted by Crippen LogP contribution is -2.56. The van der Waals surface area contributed by atoms with Crippen molar-refractivity contribution in [1.82, 2.24) is 20.1 Å². The van der Waals surface area contributed by atoms with Crippen LogP contribution in [-0.2, 0) is 28.9 Å². The van der Waals surface area contributed by atoms with Gasteiger partial charge < -0.3 is 24.7 Å². The Morgan fingerprint density at radius 1 is 0.977 bits per heavy atom. The van der Waals surface area contributed by atoms with Crippen LogP contribution in [0.4, 0.5) is 4.79 Å². The molecule has 0 saturated carbocycles. The van der Waals surface area contributed by atoms with Gasteiger partial charge in [-0.1, -0.05) is 18.2 Å². The third kappa shape index (κ3) is 4.06. The maximum Gasteiger partial charge on any atom is 0.327 e. The summed E-state index contributed by atoms with van der Waals surface area (Å²) in [5, 5.41) is 2.87. The van der Waals surface area contributed by atoms with Crippen LogP contribution in [0.5, 0.6) is 11.5 Å². The number of Topliss-reactive ketones (excluding diaryl/α,β-unsaturated/α-hetero) is 2. The van der Waals surface area contributed by atoms with Gasteiger partial charge in [-0.05, 0) is 53.8 Å². The van der Waals surface area contributed by atoms with Crippen LogP contribution in [0.2, 0.25) is 0 Å². The van der Waals surface area contributed by atoms with Crippen LogP contribution in [0, 0.1) is 6.92 Å². The number of hydrogen-bond acceptors (Lipinski definition) is 7. The third-order valence-electron chi connectivity index (χ3n) is 8.96. The largest absolute Gasteiger partial charge is 0.497 e. The Hall–Kier alpha value is -5.19. The first-order chi connectivity index (χ1) is 21.0. The second-order valence-corrected chi connectivity index (χ2v) is 11.3. The smallest absolute Gasteiger partial charge is 0.327 e. The highest BCUT2D eigenvalue weighted by Crippen LogP contribution is 2.51. The van der Waals surface area contributed by atoms with E-state index in [9.17, 15) is 24.0 Å². The van der Waals surface area contributed by atoms with Crippen molar-refractivity contribution in [1.29, 1.82) is 0 Å². The number of nitrogens with one attached hydrogen (secondary N) is 2. The predicted molar refractivity (Wildman–Crippen MR) is 160 cm³/mol. The number of amides is 4. The lowest BCUT2D eigenvalue weighted by Gasteiger charge is -2.42. The molecule has 2 aromatic carbocycles. The quantitative estimate of drug-likeness (QED) is 0.400. The van der Waals surface area contributed by atoms with Crippen molar-refractivity contribution in [3.05, 3.63) is 87.2 Å². The molecule has 1 aromatic heterocycles. The van der Waals surface area contributed by atoms with Gasteiger partial charge in [0.05, 0.1) is 31.9 Å². The number of likely N-dealkylation sites (N-methyl/N-ethyl adjacent to an activating group) is 2. The fourth-order valence-corrected chi connectivity index (χ4v) is 6.71. The summed E-state index contributed by atoms with van der Waals surface area (Å²) < 4.78 is 10.8. The molecule has 1 atom stereocenters. The Kier molecular flexibility index (Phi) is 6.91. The fraction of sp³-hybridized carbons (Fsp3) is 0.303. The van der Waals surface area contributed by atoms with Gasteiger partial charge in [0.25, 0.3) is 5.91 Å². The maximum atomic E-state index is 14.5. The number of carbonyl (C=O) groups excluding carboxylic acids is 5. The van der Waals surface area contributed by atoms with E-state index < -0.39 is 29.0 Å². The summed E-state index contributed by atoms with van der Waals surface area (Å²) in [6, 6.07) is 10.2. The van der Waals surface area contributed by atoms with E-state index in [0.717, 1.165) is 16.0 Å². The molecular formula is C33H32N4O7. The molecule has 44 heavy (non-hydrogen) atoms. The number of rotatable bonds is 7. The molecule has 1 unspecified atom stereocenters. The molecule has 1 aliphatic heterocycles. The van der Waals surface area contributed by atoms with Gasteiger partial charge in [-0.2, -0.15) is 0 Å². The molecule has 2 heterocycles. The summed E-state index contributed by atoms with van der Waals surface area (Å²) >= 11 is 0. The minimum atomic E-state index is -1.72. The zero-order valence-electron chi connectivity index (χ0n) is 25.1. The number of ketones is 2. The summed E-state index contributed by atoms with van der Waals surface area (Å²) in [6.07, 6.45) is 2.01. The van der Waals surface area contributed by atoms with Gasteiger partial charge in [0.15, 0.2) is 11.3 Å². The van der Waals surface area contributed by atoms with Crippen LogP contribution >= 0.6 is 0 Å². The number of allylic oxidation sites excluding steroid dienone is 1. The van der Waals surface area contributed by atoms with E-state index >= 15 is 0 Å². The third-order valence-corrected chi connectivity index (χ3v) is 8.96. The number of aromatic nitrogens is 1.